The smallest absolute Gasteiger partial charge is 0.246 e. The van der Waals surface area contributed by atoms with Gasteiger partial charge in [0.25, 0.3) is 0 Å². The molecule has 7 heteroatoms. The number of benzene rings is 1. The van der Waals surface area contributed by atoms with Gasteiger partial charge in [-0.15, -0.1) is 11.3 Å². The van der Waals surface area contributed by atoms with E-state index in [0.29, 0.717) is 24.8 Å². The Morgan fingerprint density at radius 2 is 2.00 bits per heavy atom. The number of amides is 1. The summed E-state index contributed by atoms with van der Waals surface area (Å²) < 4.78 is 11.2. The SMILES string of the molecule is CCOc1ccc(-c2csc(NC(=O)C3(N)CC(OCC)C3(C)C)n2)cc1. The molecule has 1 aliphatic rings. The van der Waals surface area contributed by atoms with Crippen LogP contribution in [-0.4, -0.2) is 35.7 Å². The molecule has 0 radical (unpaired) electrons. The first kappa shape index (κ1) is 19.8. The van der Waals surface area contributed by atoms with E-state index in [1.165, 1.54) is 11.3 Å². The van der Waals surface area contributed by atoms with E-state index in [9.17, 15) is 4.79 Å². The summed E-state index contributed by atoms with van der Waals surface area (Å²) in [6.45, 7) is 9.10. The van der Waals surface area contributed by atoms with Crippen LogP contribution in [0.2, 0.25) is 0 Å². The lowest BCUT2D eigenvalue weighted by Gasteiger charge is -2.57. The molecule has 27 heavy (non-hydrogen) atoms. The lowest BCUT2D eigenvalue weighted by atomic mass is 9.54. The van der Waals surface area contributed by atoms with Crippen LogP contribution in [0.4, 0.5) is 5.13 Å². The maximum Gasteiger partial charge on any atom is 0.246 e. The maximum absolute atomic E-state index is 12.8. The van der Waals surface area contributed by atoms with Gasteiger partial charge in [-0.2, -0.15) is 0 Å². The van der Waals surface area contributed by atoms with Crippen molar-refractivity contribution in [2.45, 2.75) is 45.8 Å². The lowest BCUT2D eigenvalue weighted by Crippen LogP contribution is -2.74. The molecular weight excluding hydrogens is 362 g/mol. The van der Waals surface area contributed by atoms with Crippen LogP contribution < -0.4 is 15.8 Å². The van der Waals surface area contributed by atoms with Gasteiger partial charge in [-0.3, -0.25) is 4.79 Å². The van der Waals surface area contributed by atoms with Crippen LogP contribution in [0.1, 0.15) is 34.1 Å². The molecule has 0 aliphatic heterocycles. The van der Waals surface area contributed by atoms with Gasteiger partial charge < -0.3 is 20.5 Å². The summed E-state index contributed by atoms with van der Waals surface area (Å²) in [5.74, 6) is 0.613. The van der Waals surface area contributed by atoms with Crippen molar-refractivity contribution in [2.75, 3.05) is 18.5 Å². The number of aromatic nitrogens is 1. The molecule has 1 aromatic heterocycles. The van der Waals surface area contributed by atoms with Crippen molar-refractivity contribution in [2.24, 2.45) is 11.1 Å². The average molecular weight is 390 g/mol. The Kier molecular flexibility index (Phi) is 5.55. The predicted octanol–water partition coefficient (Wildman–Crippen LogP) is 3.68. The first-order valence-electron chi connectivity index (χ1n) is 9.22. The fourth-order valence-electron chi connectivity index (χ4n) is 3.38. The molecule has 1 saturated carbocycles. The highest BCUT2D eigenvalue weighted by atomic mass is 32.1. The number of rotatable bonds is 7. The molecule has 1 amide bonds. The van der Waals surface area contributed by atoms with E-state index in [1.807, 2.05) is 57.3 Å². The third-order valence-corrected chi connectivity index (χ3v) is 6.18. The third kappa shape index (κ3) is 3.59. The fourth-order valence-corrected chi connectivity index (χ4v) is 4.10. The number of nitrogens with one attached hydrogen (secondary N) is 1. The van der Waals surface area contributed by atoms with Crippen molar-refractivity contribution < 1.29 is 14.3 Å². The molecule has 0 saturated heterocycles. The summed E-state index contributed by atoms with van der Waals surface area (Å²) >= 11 is 1.39. The number of nitrogens with two attached hydrogens (primary N) is 1. The quantitative estimate of drug-likeness (QED) is 0.754. The molecule has 146 valence electrons. The monoisotopic (exact) mass is 389 g/mol. The van der Waals surface area contributed by atoms with Crippen LogP contribution in [0.25, 0.3) is 11.3 Å². The Labute approximate surface area is 164 Å². The molecule has 1 aromatic carbocycles. The minimum absolute atomic E-state index is 0.00559. The van der Waals surface area contributed by atoms with Crippen LogP contribution in [0.3, 0.4) is 0 Å². The van der Waals surface area contributed by atoms with Crippen molar-refractivity contribution >= 4 is 22.4 Å². The second-order valence-corrected chi connectivity index (χ2v) is 8.15. The number of thiazole rings is 1. The molecule has 0 spiro atoms. The number of hydrogen-bond acceptors (Lipinski definition) is 6. The largest absolute Gasteiger partial charge is 0.494 e. The van der Waals surface area contributed by atoms with Crippen molar-refractivity contribution in [3.8, 4) is 17.0 Å². The van der Waals surface area contributed by atoms with Gasteiger partial charge in [-0.05, 0) is 38.1 Å². The standard InChI is InChI=1S/C20H27N3O3S/c1-5-25-14-9-7-13(8-10-14)15-12-27-18(22-15)23-17(24)20(21)11-16(26-6-2)19(20,3)4/h7-10,12,16H,5-6,11,21H2,1-4H3,(H,22,23,24). The highest BCUT2D eigenvalue weighted by Crippen LogP contribution is 2.50. The topological polar surface area (TPSA) is 86.5 Å². The molecule has 0 bridgehead atoms. The van der Waals surface area contributed by atoms with Crippen LogP contribution in [0, 0.1) is 5.41 Å². The Hall–Kier alpha value is -1.96. The first-order chi connectivity index (χ1) is 12.8. The van der Waals surface area contributed by atoms with Crippen molar-refractivity contribution in [3.05, 3.63) is 29.6 Å². The second-order valence-electron chi connectivity index (χ2n) is 7.29. The molecular formula is C20H27N3O3S. The van der Waals surface area contributed by atoms with E-state index in [2.05, 4.69) is 10.3 Å². The Balaban J connectivity index is 1.68. The summed E-state index contributed by atoms with van der Waals surface area (Å²) in [5.41, 5.74) is 6.82. The van der Waals surface area contributed by atoms with Gasteiger partial charge in [0.1, 0.15) is 11.3 Å². The number of carbonyl (C=O) groups is 1. The van der Waals surface area contributed by atoms with Crippen molar-refractivity contribution in [3.63, 3.8) is 0 Å². The summed E-state index contributed by atoms with van der Waals surface area (Å²) in [4.78, 5) is 17.3. The van der Waals surface area contributed by atoms with Gasteiger partial charge in [0.2, 0.25) is 5.91 Å². The van der Waals surface area contributed by atoms with Crippen LogP contribution in [0.5, 0.6) is 5.75 Å². The molecule has 1 heterocycles. The van der Waals surface area contributed by atoms with Gasteiger partial charge in [0, 0.05) is 29.4 Å². The highest BCUT2D eigenvalue weighted by Gasteiger charge is 2.63. The molecule has 2 atom stereocenters. The first-order valence-corrected chi connectivity index (χ1v) is 10.1. The fraction of sp³-hybridized carbons (Fsp3) is 0.500. The molecule has 1 aliphatic carbocycles. The van der Waals surface area contributed by atoms with E-state index in [4.69, 9.17) is 15.2 Å². The maximum atomic E-state index is 12.8. The van der Waals surface area contributed by atoms with Crippen LogP contribution in [0.15, 0.2) is 29.6 Å². The molecule has 1 fully saturated rings. The Morgan fingerprint density at radius 3 is 2.59 bits per heavy atom. The van der Waals surface area contributed by atoms with Crippen molar-refractivity contribution in [1.29, 1.82) is 0 Å². The number of hydrogen-bond donors (Lipinski definition) is 2. The molecule has 6 nitrogen and oxygen atoms in total. The van der Waals surface area contributed by atoms with Crippen LogP contribution in [-0.2, 0) is 9.53 Å². The summed E-state index contributed by atoms with van der Waals surface area (Å²) in [5, 5.41) is 5.35. The Morgan fingerprint density at radius 1 is 1.30 bits per heavy atom. The molecule has 3 rings (SSSR count). The number of nitrogens with zero attached hydrogens (tertiary/aromatic N) is 1. The van der Waals surface area contributed by atoms with Gasteiger partial charge in [-0.1, -0.05) is 13.8 Å². The van der Waals surface area contributed by atoms with E-state index in [-0.39, 0.29) is 12.0 Å². The highest BCUT2D eigenvalue weighted by molar-refractivity contribution is 7.14. The van der Waals surface area contributed by atoms with Gasteiger partial charge in [0.15, 0.2) is 5.13 Å². The zero-order valence-electron chi connectivity index (χ0n) is 16.2. The van der Waals surface area contributed by atoms with E-state index in [1.54, 1.807) is 0 Å². The van der Waals surface area contributed by atoms with Crippen molar-refractivity contribution in [1.82, 2.24) is 4.98 Å². The van der Waals surface area contributed by atoms with E-state index >= 15 is 0 Å². The summed E-state index contributed by atoms with van der Waals surface area (Å²) in [6, 6.07) is 7.74. The zero-order chi connectivity index (χ0) is 19.7. The Bertz CT molecular complexity index is 803. The van der Waals surface area contributed by atoms with E-state index < -0.39 is 11.0 Å². The van der Waals surface area contributed by atoms with Gasteiger partial charge in [0.05, 0.1) is 18.4 Å². The molecule has 3 N–H and O–H groups in total. The zero-order valence-corrected chi connectivity index (χ0v) is 17.1. The lowest BCUT2D eigenvalue weighted by molar-refractivity contribution is -0.166. The van der Waals surface area contributed by atoms with E-state index in [0.717, 1.165) is 17.0 Å². The number of anilines is 1. The summed E-state index contributed by atoms with van der Waals surface area (Å²) in [7, 11) is 0. The van der Waals surface area contributed by atoms with Gasteiger partial charge in [-0.25, -0.2) is 4.98 Å². The van der Waals surface area contributed by atoms with Crippen LogP contribution >= 0.6 is 11.3 Å². The average Bonchev–Trinajstić information content (AvgIpc) is 3.10. The molecule has 2 aromatic rings. The summed E-state index contributed by atoms with van der Waals surface area (Å²) in [6.07, 6.45) is 0.505. The second kappa shape index (κ2) is 7.58. The third-order valence-electron chi connectivity index (χ3n) is 5.42. The normalized spacial score (nSPS) is 23.5. The minimum Gasteiger partial charge on any atom is -0.494 e. The van der Waals surface area contributed by atoms with Gasteiger partial charge >= 0.3 is 0 Å². The number of ether oxygens (including phenoxy) is 2. The minimum atomic E-state index is -0.961. The number of carbonyl (C=O) groups excluding carboxylic acids is 1. The predicted molar refractivity (Wildman–Crippen MR) is 108 cm³/mol. The molecule has 2 unspecified atom stereocenters.